The Bertz CT molecular complexity index is 685. The molecule has 0 aliphatic rings. The minimum Gasteiger partial charge on any atom is -0.506 e. The third-order valence-corrected chi connectivity index (χ3v) is 2.98. The first kappa shape index (κ1) is 20.3. The topological polar surface area (TPSA) is 92.5 Å². The van der Waals surface area contributed by atoms with E-state index in [2.05, 4.69) is 0 Å². The summed E-state index contributed by atoms with van der Waals surface area (Å²) in [7, 11) is 0. The summed E-state index contributed by atoms with van der Waals surface area (Å²) in [4.78, 5) is 0. The van der Waals surface area contributed by atoms with E-state index in [1.165, 1.54) is 0 Å². The van der Waals surface area contributed by atoms with Gasteiger partial charge in [0.2, 0.25) is 0 Å². The van der Waals surface area contributed by atoms with E-state index in [9.17, 15) is 36.6 Å². The lowest BCUT2D eigenvalue weighted by Crippen LogP contribution is -2.38. The van der Waals surface area contributed by atoms with E-state index >= 15 is 0 Å². The zero-order valence-corrected chi connectivity index (χ0v) is 12.5. The summed E-state index contributed by atoms with van der Waals surface area (Å²) >= 11 is 0. The van der Waals surface area contributed by atoms with Gasteiger partial charge in [-0.1, -0.05) is 12.1 Å². The van der Waals surface area contributed by atoms with Crippen molar-refractivity contribution in [1.82, 2.24) is 0 Å². The molecular formula is C15H14F6N2O2. The van der Waals surface area contributed by atoms with Crippen molar-refractivity contribution in [3.05, 3.63) is 36.4 Å². The number of rotatable bonds is 2. The Balaban J connectivity index is 0.000000299. The summed E-state index contributed by atoms with van der Waals surface area (Å²) < 4.78 is 65.6. The molecule has 0 fully saturated rings. The molecule has 0 aliphatic heterocycles. The van der Waals surface area contributed by atoms with Crippen LogP contribution in [0.1, 0.15) is 0 Å². The van der Waals surface area contributed by atoms with E-state index in [1.54, 1.807) is 36.4 Å². The molecule has 0 radical (unpaired) electrons. The highest BCUT2D eigenvalue weighted by Crippen LogP contribution is 2.35. The number of alkyl halides is 6. The summed E-state index contributed by atoms with van der Waals surface area (Å²) in [5.41, 5.74) is 13.2. The number of nitrogens with two attached hydrogens (primary N) is 2. The van der Waals surface area contributed by atoms with Crippen molar-refractivity contribution in [2.75, 3.05) is 18.1 Å². The van der Waals surface area contributed by atoms with E-state index in [1.807, 2.05) is 0 Å². The van der Waals surface area contributed by atoms with Crippen LogP contribution in [0.15, 0.2) is 36.4 Å². The highest BCUT2D eigenvalue weighted by molar-refractivity contribution is 5.73. The normalized spacial score (nSPS) is 11.6. The van der Waals surface area contributed by atoms with Crippen LogP contribution in [0.3, 0.4) is 0 Å². The number of hydrogen-bond acceptors (Lipinski definition) is 4. The lowest BCUT2D eigenvalue weighted by Gasteiger charge is -2.14. The summed E-state index contributed by atoms with van der Waals surface area (Å²) in [6, 6.07) is 9.83. The molecule has 0 heterocycles. The minimum absolute atomic E-state index is 0.0221. The Morgan fingerprint density at radius 2 is 1.12 bits per heavy atom. The standard InChI is InChI=1S/C12H12N2O2.C3H2F6/c13-9-3-1-7(5-11(9)15)8-2-4-10(14)12(16)6-8;4-1-2(5,6)3(7,8)9/h1-6,15-16H,13-14H2;1H2. The van der Waals surface area contributed by atoms with Crippen LogP contribution < -0.4 is 11.5 Å². The van der Waals surface area contributed by atoms with Crippen molar-refractivity contribution >= 4 is 11.4 Å². The first-order valence-corrected chi connectivity index (χ1v) is 6.57. The lowest BCUT2D eigenvalue weighted by molar-refractivity contribution is -0.286. The molecule has 0 aliphatic carbocycles. The molecule has 2 aromatic carbocycles. The van der Waals surface area contributed by atoms with Gasteiger partial charge in [-0.3, -0.25) is 0 Å². The predicted octanol–water partition coefficient (Wildman–Crippen LogP) is 4.08. The van der Waals surface area contributed by atoms with Crippen LogP contribution in [0.5, 0.6) is 11.5 Å². The molecule has 2 aromatic rings. The molecule has 0 unspecified atom stereocenters. The number of nitrogen functional groups attached to an aromatic ring is 2. The fraction of sp³-hybridized carbons (Fsp3) is 0.200. The van der Waals surface area contributed by atoms with Crippen molar-refractivity contribution in [2.45, 2.75) is 12.1 Å². The molecule has 10 heteroatoms. The maximum Gasteiger partial charge on any atom is 0.456 e. The molecule has 4 nitrogen and oxygen atoms in total. The Kier molecular flexibility index (Phi) is 6.01. The van der Waals surface area contributed by atoms with E-state index < -0.39 is 18.8 Å². The van der Waals surface area contributed by atoms with Crippen LogP contribution in [0.25, 0.3) is 11.1 Å². The summed E-state index contributed by atoms with van der Waals surface area (Å²) in [6.07, 6.45) is -5.76. The van der Waals surface area contributed by atoms with Gasteiger partial charge in [-0.05, 0) is 35.4 Å². The van der Waals surface area contributed by atoms with Gasteiger partial charge in [0.25, 0.3) is 0 Å². The van der Waals surface area contributed by atoms with Crippen LogP contribution >= 0.6 is 0 Å². The third-order valence-electron chi connectivity index (χ3n) is 2.98. The quantitative estimate of drug-likeness (QED) is 0.365. The summed E-state index contributed by atoms with van der Waals surface area (Å²) in [5, 5.41) is 18.9. The zero-order chi connectivity index (χ0) is 19.4. The Hall–Kier alpha value is -2.78. The Labute approximate surface area is 138 Å². The number of phenolic OH excluding ortho intramolecular Hbond substituents is 2. The molecule has 0 spiro atoms. The van der Waals surface area contributed by atoms with Crippen LogP contribution in [0, 0.1) is 0 Å². The summed E-state index contributed by atoms with van der Waals surface area (Å²) in [5.74, 6) is -5.14. The van der Waals surface area contributed by atoms with Gasteiger partial charge in [0.15, 0.2) is 6.67 Å². The van der Waals surface area contributed by atoms with Gasteiger partial charge in [0.05, 0.1) is 11.4 Å². The highest BCUT2D eigenvalue weighted by Gasteiger charge is 2.57. The number of anilines is 2. The maximum absolute atomic E-state index is 11.2. The van der Waals surface area contributed by atoms with Crippen LogP contribution in [-0.4, -0.2) is 29.0 Å². The molecule has 0 bridgehead atoms. The van der Waals surface area contributed by atoms with E-state index in [4.69, 9.17) is 11.5 Å². The van der Waals surface area contributed by atoms with Gasteiger partial charge in [-0.25, -0.2) is 4.39 Å². The van der Waals surface area contributed by atoms with Gasteiger partial charge in [0.1, 0.15) is 11.5 Å². The second kappa shape index (κ2) is 7.41. The number of aromatic hydroxyl groups is 2. The fourth-order valence-electron chi connectivity index (χ4n) is 1.52. The largest absolute Gasteiger partial charge is 0.506 e. The molecular weight excluding hydrogens is 354 g/mol. The second-order valence-corrected chi connectivity index (χ2v) is 4.88. The van der Waals surface area contributed by atoms with E-state index in [0.717, 1.165) is 11.1 Å². The molecule has 0 atom stereocenters. The van der Waals surface area contributed by atoms with Gasteiger partial charge in [-0.15, -0.1) is 0 Å². The van der Waals surface area contributed by atoms with Crippen LogP contribution in [0.2, 0.25) is 0 Å². The third kappa shape index (κ3) is 5.10. The minimum atomic E-state index is -5.76. The van der Waals surface area contributed by atoms with Crippen molar-refractivity contribution in [2.24, 2.45) is 0 Å². The highest BCUT2D eigenvalue weighted by atomic mass is 19.4. The van der Waals surface area contributed by atoms with Crippen LogP contribution in [-0.2, 0) is 0 Å². The number of benzene rings is 2. The van der Waals surface area contributed by atoms with Gasteiger partial charge < -0.3 is 21.7 Å². The molecule has 2 rings (SSSR count). The molecule has 138 valence electrons. The number of phenols is 2. The number of halogens is 6. The molecule has 0 amide bonds. The first-order valence-electron chi connectivity index (χ1n) is 6.57. The van der Waals surface area contributed by atoms with Crippen molar-refractivity contribution in [1.29, 1.82) is 0 Å². The predicted molar refractivity (Wildman–Crippen MR) is 81.0 cm³/mol. The Morgan fingerprint density at radius 1 is 0.760 bits per heavy atom. The maximum atomic E-state index is 11.2. The van der Waals surface area contributed by atoms with Gasteiger partial charge in [0, 0.05) is 0 Å². The van der Waals surface area contributed by atoms with E-state index in [0.29, 0.717) is 11.4 Å². The zero-order valence-electron chi connectivity index (χ0n) is 12.5. The monoisotopic (exact) mass is 368 g/mol. The molecule has 0 aromatic heterocycles. The van der Waals surface area contributed by atoms with Crippen LogP contribution in [0.4, 0.5) is 37.7 Å². The average molecular weight is 368 g/mol. The molecule has 0 saturated heterocycles. The average Bonchev–Trinajstić information content (AvgIpc) is 2.52. The fourth-order valence-corrected chi connectivity index (χ4v) is 1.52. The lowest BCUT2D eigenvalue weighted by atomic mass is 10.0. The smallest absolute Gasteiger partial charge is 0.456 e. The Morgan fingerprint density at radius 3 is 1.32 bits per heavy atom. The number of hydrogen-bond donors (Lipinski definition) is 4. The van der Waals surface area contributed by atoms with Crippen molar-refractivity contribution < 1.29 is 36.6 Å². The van der Waals surface area contributed by atoms with E-state index in [-0.39, 0.29) is 11.5 Å². The summed E-state index contributed by atoms with van der Waals surface area (Å²) in [6.45, 7) is -2.70. The second-order valence-electron chi connectivity index (χ2n) is 4.88. The van der Waals surface area contributed by atoms with Crippen molar-refractivity contribution in [3.63, 3.8) is 0 Å². The van der Waals surface area contributed by atoms with Gasteiger partial charge in [-0.2, -0.15) is 22.0 Å². The SMILES string of the molecule is FCC(F)(F)C(F)(F)F.Nc1ccc(-c2ccc(N)c(O)c2)cc1O. The van der Waals surface area contributed by atoms with Gasteiger partial charge >= 0.3 is 12.1 Å². The first-order chi connectivity index (χ1) is 11.4. The van der Waals surface area contributed by atoms with Crippen molar-refractivity contribution in [3.8, 4) is 22.6 Å². The molecule has 25 heavy (non-hydrogen) atoms. The molecule has 6 N–H and O–H groups in total. The molecule has 0 saturated carbocycles.